The van der Waals surface area contributed by atoms with Crippen LogP contribution in [0.15, 0.2) is 83.8 Å². The van der Waals surface area contributed by atoms with Gasteiger partial charge in [-0.1, -0.05) is 87.4 Å². The number of sulfonamides is 1. The molecule has 4 rings (SSSR count). The molecule has 3 aromatic rings. The molecule has 1 aliphatic rings. The van der Waals surface area contributed by atoms with E-state index in [2.05, 4.69) is 5.32 Å². The second kappa shape index (κ2) is 13.8. The molecule has 2 amide bonds. The van der Waals surface area contributed by atoms with E-state index in [1.54, 1.807) is 35.2 Å². The lowest BCUT2D eigenvalue weighted by Crippen LogP contribution is -2.53. The van der Waals surface area contributed by atoms with E-state index in [9.17, 15) is 18.0 Å². The standard InChI is InChI=1S/C33H41N3O4S/c1-4-26-16-11-14-22-31(26)36(41(39,40)29-20-7-6-8-21-29)24-32(37)35(23-27-17-10-9-15-25(27)3)30(5-2)33(38)34-28-18-12-13-19-28/h6-11,14-17,20-22,28,30H,4-5,12-13,18-19,23-24H2,1-3H3,(H,34,38)/t30-/m0/s1. The highest BCUT2D eigenvalue weighted by molar-refractivity contribution is 7.92. The van der Waals surface area contributed by atoms with Crippen LogP contribution in [0, 0.1) is 6.92 Å². The predicted octanol–water partition coefficient (Wildman–Crippen LogP) is 5.62. The summed E-state index contributed by atoms with van der Waals surface area (Å²) in [6, 6.07) is 22.6. The molecule has 0 radical (unpaired) electrons. The summed E-state index contributed by atoms with van der Waals surface area (Å²) in [5.74, 6) is -0.611. The zero-order valence-corrected chi connectivity index (χ0v) is 25.1. The highest BCUT2D eigenvalue weighted by Crippen LogP contribution is 2.28. The van der Waals surface area contributed by atoms with Gasteiger partial charge in [0.2, 0.25) is 11.8 Å². The Morgan fingerprint density at radius 1 is 0.878 bits per heavy atom. The van der Waals surface area contributed by atoms with E-state index in [1.165, 1.54) is 16.4 Å². The van der Waals surface area contributed by atoms with E-state index in [1.807, 2.05) is 57.2 Å². The minimum absolute atomic E-state index is 0.107. The summed E-state index contributed by atoms with van der Waals surface area (Å²) in [5.41, 5.74) is 3.20. The molecule has 218 valence electrons. The van der Waals surface area contributed by atoms with Crippen molar-refractivity contribution in [3.8, 4) is 0 Å². The first kappa shape index (κ1) is 30.3. The molecule has 3 aromatic carbocycles. The molecule has 8 heteroatoms. The van der Waals surface area contributed by atoms with Crippen LogP contribution < -0.4 is 9.62 Å². The third-order valence-electron chi connectivity index (χ3n) is 7.94. The molecule has 0 bridgehead atoms. The summed E-state index contributed by atoms with van der Waals surface area (Å²) < 4.78 is 29.3. The monoisotopic (exact) mass is 575 g/mol. The first-order chi connectivity index (χ1) is 19.8. The van der Waals surface area contributed by atoms with Crippen LogP contribution >= 0.6 is 0 Å². The molecule has 0 aromatic heterocycles. The molecule has 1 fully saturated rings. The number of para-hydroxylation sites is 1. The van der Waals surface area contributed by atoms with Crippen molar-refractivity contribution >= 4 is 27.5 Å². The first-order valence-electron chi connectivity index (χ1n) is 14.6. The van der Waals surface area contributed by atoms with Crippen molar-refractivity contribution in [3.63, 3.8) is 0 Å². The normalized spacial score (nSPS) is 14.4. The van der Waals surface area contributed by atoms with Crippen LogP contribution in [0.2, 0.25) is 0 Å². The second-order valence-electron chi connectivity index (χ2n) is 10.7. The molecule has 0 aliphatic heterocycles. The molecule has 1 saturated carbocycles. The lowest BCUT2D eigenvalue weighted by atomic mass is 10.1. The van der Waals surface area contributed by atoms with Crippen molar-refractivity contribution in [2.45, 2.75) is 82.8 Å². The molecule has 1 atom stereocenters. The number of aryl methyl sites for hydroxylation is 2. The Balaban J connectivity index is 1.74. The molecule has 0 unspecified atom stereocenters. The Bertz CT molecular complexity index is 1440. The third kappa shape index (κ3) is 7.17. The van der Waals surface area contributed by atoms with Gasteiger partial charge in [0.1, 0.15) is 12.6 Å². The van der Waals surface area contributed by atoms with Gasteiger partial charge in [-0.15, -0.1) is 0 Å². The number of nitrogens with zero attached hydrogens (tertiary/aromatic N) is 2. The molecule has 7 nitrogen and oxygen atoms in total. The zero-order valence-electron chi connectivity index (χ0n) is 24.3. The maximum absolute atomic E-state index is 14.3. The largest absolute Gasteiger partial charge is 0.352 e. The Kier molecular flexibility index (Phi) is 10.2. The van der Waals surface area contributed by atoms with Gasteiger partial charge in [-0.3, -0.25) is 13.9 Å². The van der Waals surface area contributed by atoms with Gasteiger partial charge in [-0.25, -0.2) is 8.42 Å². The first-order valence-corrected chi connectivity index (χ1v) is 16.0. The predicted molar refractivity (Wildman–Crippen MR) is 163 cm³/mol. The van der Waals surface area contributed by atoms with E-state index in [-0.39, 0.29) is 23.4 Å². The summed E-state index contributed by atoms with van der Waals surface area (Å²) in [5, 5.41) is 3.16. The van der Waals surface area contributed by atoms with Crippen LogP contribution in [0.1, 0.15) is 62.6 Å². The fourth-order valence-corrected chi connectivity index (χ4v) is 7.02. The fourth-order valence-electron chi connectivity index (χ4n) is 5.54. The lowest BCUT2D eigenvalue weighted by molar-refractivity contribution is -0.140. The van der Waals surface area contributed by atoms with Crippen molar-refractivity contribution in [2.75, 3.05) is 10.8 Å². The van der Waals surface area contributed by atoms with E-state index < -0.39 is 28.5 Å². The number of hydrogen-bond donors (Lipinski definition) is 1. The van der Waals surface area contributed by atoms with Gasteiger partial charge in [0.15, 0.2) is 0 Å². The summed E-state index contributed by atoms with van der Waals surface area (Å²) in [6.45, 7) is 5.60. The minimum Gasteiger partial charge on any atom is -0.352 e. The molecule has 41 heavy (non-hydrogen) atoms. The van der Waals surface area contributed by atoms with Gasteiger partial charge in [0, 0.05) is 12.6 Å². The number of amides is 2. The number of carbonyl (C=O) groups is 2. The quantitative estimate of drug-likeness (QED) is 0.304. The molecule has 1 aliphatic carbocycles. The summed E-state index contributed by atoms with van der Waals surface area (Å²) >= 11 is 0. The van der Waals surface area contributed by atoms with Gasteiger partial charge in [0.05, 0.1) is 10.6 Å². The van der Waals surface area contributed by atoms with Gasteiger partial charge >= 0.3 is 0 Å². The molecule has 0 heterocycles. The Morgan fingerprint density at radius 3 is 2.12 bits per heavy atom. The summed E-state index contributed by atoms with van der Waals surface area (Å²) in [6.07, 6.45) is 5.04. The van der Waals surface area contributed by atoms with Gasteiger partial charge < -0.3 is 10.2 Å². The molecule has 0 saturated heterocycles. The van der Waals surface area contributed by atoms with E-state index in [0.717, 1.165) is 42.4 Å². The van der Waals surface area contributed by atoms with Gasteiger partial charge in [0.25, 0.3) is 10.0 Å². The topological polar surface area (TPSA) is 86.8 Å². The van der Waals surface area contributed by atoms with Crippen LogP contribution in [0.25, 0.3) is 0 Å². The molecule has 0 spiro atoms. The number of anilines is 1. The Hall–Kier alpha value is -3.65. The van der Waals surface area contributed by atoms with E-state index >= 15 is 0 Å². The highest BCUT2D eigenvalue weighted by Gasteiger charge is 2.35. The van der Waals surface area contributed by atoms with Gasteiger partial charge in [-0.2, -0.15) is 0 Å². The molecular formula is C33H41N3O4S. The number of carbonyl (C=O) groups excluding carboxylic acids is 2. The zero-order chi connectivity index (χ0) is 29.4. The Labute approximate surface area is 244 Å². The van der Waals surface area contributed by atoms with Crippen molar-refractivity contribution in [2.24, 2.45) is 0 Å². The second-order valence-corrected chi connectivity index (χ2v) is 12.5. The third-order valence-corrected chi connectivity index (χ3v) is 9.71. The van der Waals surface area contributed by atoms with Crippen molar-refractivity contribution < 1.29 is 18.0 Å². The Morgan fingerprint density at radius 2 is 1.49 bits per heavy atom. The fraction of sp³-hybridized carbons (Fsp3) is 0.394. The number of hydrogen-bond acceptors (Lipinski definition) is 4. The maximum Gasteiger partial charge on any atom is 0.264 e. The van der Waals surface area contributed by atoms with E-state index in [0.29, 0.717) is 18.5 Å². The van der Waals surface area contributed by atoms with Crippen LogP contribution in [0.3, 0.4) is 0 Å². The number of nitrogens with one attached hydrogen (secondary N) is 1. The summed E-state index contributed by atoms with van der Waals surface area (Å²) in [4.78, 5) is 29.6. The minimum atomic E-state index is -4.08. The van der Waals surface area contributed by atoms with Crippen LogP contribution in [0.4, 0.5) is 5.69 Å². The SMILES string of the molecule is CCc1ccccc1N(CC(=O)N(Cc1ccccc1C)[C@@H](CC)C(=O)NC1CCCC1)S(=O)(=O)c1ccccc1. The van der Waals surface area contributed by atoms with Gasteiger partial charge in [-0.05, 0) is 67.5 Å². The number of rotatable bonds is 12. The highest BCUT2D eigenvalue weighted by atomic mass is 32.2. The average molecular weight is 576 g/mol. The average Bonchev–Trinajstić information content (AvgIpc) is 3.50. The van der Waals surface area contributed by atoms with Crippen molar-refractivity contribution in [3.05, 3.63) is 95.6 Å². The van der Waals surface area contributed by atoms with Crippen LogP contribution in [-0.4, -0.2) is 43.8 Å². The van der Waals surface area contributed by atoms with Crippen molar-refractivity contribution in [1.82, 2.24) is 10.2 Å². The molecule has 1 N–H and O–H groups in total. The maximum atomic E-state index is 14.3. The number of benzene rings is 3. The van der Waals surface area contributed by atoms with E-state index in [4.69, 9.17) is 0 Å². The lowest BCUT2D eigenvalue weighted by Gasteiger charge is -2.34. The smallest absolute Gasteiger partial charge is 0.264 e. The van der Waals surface area contributed by atoms with Crippen LogP contribution in [-0.2, 0) is 32.6 Å². The molecular weight excluding hydrogens is 534 g/mol. The summed E-state index contributed by atoms with van der Waals surface area (Å²) in [7, 11) is -4.08. The van der Waals surface area contributed by atoms with Crippen molar-refractivity contribution in [1.29, 1.82) is 0 Å². The van der Waals surface area contributed by atoms with Crippen LogP contribution in [0.5, 0.6) is 0 Å².